The number of carboxylic acid groups (broad SMARTS) is 1. The summed E-state index contributed by atoms with van der Waals surface area (Å²) in [5.74, 6) is -1.03. The molecule has 2 aromatic carbocycles. The van der Waals surface area contributed by atoms with Crippen LogP contribution >= 0.6 is 11.3 Å². The molecule has 0 radical (unpaired) electrons. The van der Waals surface area contributed by atoms with E-state index in [2.05, 4.69) is 4.57 Å². The summed E-state index contributed by atoms with van der Waals surface area (Å²) in [5, 5.41) is 11.2. The van der Waals surface area contributed by atoms with Gasteiger partial charge in [0.2, 0.25) is 0 Å². The summed E-state index contributed by atoms with van der Waals surface area (Å²) in [7, 11) is 0. The minimum absolute atomic E-state index is 0.0815. The van der Waals surface area contributed by atoms with Crippen molar-refractivity contribution in [1.82, 2.24) is 9.55 Å². The maximum Gasteiger partial charge on any atom is 0.335 e. The highest BCUT2D eigenvalue weighted by molar-refractivity contribution is 7.18. The van der Waals surface area contributed by atoms with Crippen molar-refractivity contribution in [1.29, 1.82) is 0 Å². The van der Waals surface area contributed by atoms with Gasteiger partial charge in [0, 0.05) is 22.6 Å². The fourth-order valence-corrected chi connectivity index (χ4v) is 4.73. The smallest absolute Gasteiger partial charge is 0.335 e. The Morgan fingerprint density at radius 3 is 2.59 bits per heavy atom. The van der Waals surface area contributed by atoms with Gasteiger partial charge in [-0.25, -0.2) is 9.78 Å². The molecule has 4 rings (SSSR count). The third-order valence-corrected chi connectivity index (χ3v) is 6.18. The van der Waals surface area contributed by atoms with E-state index < -0.39 is 5.97 Å². The van der Waals surface area contributed by atoms with Gasteiger partial charge >= 0.3 is 5.97 Å². The van der Waals surface area contributed by atoms with E-state index in [1.54, 1.807) is 29.5 Å². The maximum atomic E-state index is 13.0. The minimum atomic E-state index is -0.977. The van der Waals surface area contributed by atoms with Crippen molar-refractivity contribution in [3.63, 3.8) is 0 Å². The average Bonchev–Trinajstić information content (AvgIpc) is 3.25. The lowest BCUT2D eigenvalue weighted by Gasteiger charge is -2.10. The number of carbonyl (C=O) groups is 2. The van der Waals surface area contributed by atoms with Crippen LogP contribution in [-0.2, 0) is 13.0 Å². The zero-order chi connectivity index (χ0) is 20.7. The van der Waals surface area contributed by atoms with Crippen LogP contribution in [0.1, 0.15) is 52.2 Å². The summed E-state index contributed by atoms with van der Waals surface area (Å²) in [6.45, 7) is 6.32. The van der Waals surface area contributed by atoms with Gasteiger partial charge in [-0.15, -0.1) is 11.3 Å². The zero-order valence-electron chi connectivity index (χ0n) is 16.6. The van der Waals surface area contributed by atoms with Crippen LogP contribution in [0.4, 0.5) is 0 Å². The lowest BCUT2D eigenvalue weighted by atomic mass is 9.97. The normalized spacial score (nSPS) is 11.6. The molecule has 0 spiro atoms. The number of hydrogen-bond acceptors (Lipinski definition) is 4. The summed E-state index contributed by atoms with van der Waals surface area (Å²) in [6, 6.07) is 13.0. The van der Waals surface area contributed by atoms with E-state index in [1.165, 1.54) is 0 Å². The van der Waals surface area contributed by atoms with Gasteiger partial charge in [0.05, 0.1) is 27.8 Å². The van der Waals surface area contributed by atoms with E-state index in [0.717, 1.165) is 31.8 Å². The van der Waals surface area contributed by atoms with E-state index in [1.807, 2.05) is 45.0 Å². The number of Topliss-reactive ketones (excluding diaryl/α,β-unsaturated/α-hetero) is 1. The molecule has 5 nitrogen and oxygen atoms in total. The van der Waals surface area contributed by atoms with E-state index in [0.29, 0.717) is 18.5 Å². The van der Waals surface area contributed by atoms with E-state index >= 15 is 0 Å². The van der Waals surface area contributed by atoms with Crippen LogP contribution in [0.3, 0.4) is 0 Å². The number of fused-ring (bicyclic) bond motifs is 2. The van der Waals surface area contributed by atoms with Crippen LogP contribution in [0, 0.1) is 5.92 Å². The number of aromatic carboxylic acids is 1. The van der Waals surface area contributed by atoms with Crippen molar-refractivity contribution in [3.05, 3.63) is 64.3 Å². The minimum Gasteiger partial charge on any atom is -0.478 e. The molecular weight excluding hydrogens is 384 g/mol. The average molecular weight is 407 g/mol. The summed E-state index contributed by atoms with van der Waals surface area (Å²) in [6.07, 6.45) is 0.676. The molecule has 148 valence electrons. The van der Waals surface area contributed by atoms with Gasteiger partial charge in [-0.3, -0.25) is 4.79 Å². The fourth-order valence-electron chi connectivity index (χ4n) is 3.77. The molecule has 2 heterocycles. The predicted octanol–water partition coefficient (Wildman–Crippen LogP) is 5.40. The molecule has 0 bridgehead atoms. The number of thiazole rings is 1. The summed E-state index contributed by atoms with van der Waals surface area (Å²) in [5.41, 5.74) is 3.57. The SMILES string of the molecule is CCc1c(C(=O)C(C)C)c2ccc(C(=O)O)cc2n1Cc1nc2ccccc2s1. The Morgan fingerprint density at radius 2 is 1.93 bits per heavy atom. The molecule has 0 unspecified atom stereocenters. The first-order chi connectivity index (χ1) is 13.9. The molecule has 2 aromatic heterocycles. The van der Waals surface area contributed by atoms with E-state index in [9.17, 15) is 14.7 Å². The molecule has 6 heteroatoms. The van der Waals surface area contributed by atoms with Crippen LogP contribution in [0.5, 0.6) is 0 Å². The van der Waals surface area contributed by atoms with E-state index in [4.69, 9.17) is 4.98 Å². The standard InChI is InChI=1S/C23H22N2O3S/c1-4-17-21(22(26)13(2)3)15-10-9-14(23(27)28)11-18(15)25(17)12-20-24-16-7-5-6-8-19(16)29-20/h5-11,13H,4,12H2,1-3H3,(H,27,28). The molecule has 0 saturated carbocycles. The topological polar surface area (TPSA) is 72.2 Å². The van der Waals surface area contributed by atoms with Crippen LogP contribution in [-0.4, -0.2) is 26.4 Å². The molecule has 0 aliphatic heterocycles. The second kappa shape index (κ2) is 7.44. The number of ketones is 1. The maximum absolute atomic E-state index is 13.0. The van der Waals surface area contributed by atoms with Crippen molar-refractivity contribution in [2.24, 2.45) is 5.92 Å². The van der Waals surface area contributed by atoms with Gasteiger partial charge < -0.3 is 9.67 Å². The second-order valence-electron chi connectivity index (χ2n) is 7.39. The number of carboxylic acids is 1. The highest BCUT2D eigenvalue weighted by Crippen LogP contribution is 2.32. The Bertz CT molecular complexity index is 1220. The first-order valence-electron chi connectivity index (χ1n) is 9.67. The molecule has 0 atom stereocenters. The number of rotatable bonds is 6. The van der Waals surface area contributed by atoms with E-state index in [-0.39, 0.29) is 17.3 Å². The highest BCUT2D eigenvalue weighted by Gasteiger charge is 2.24. The Hall–Kier alpha value is -2.99. The molecular formula is C23H22N2O3S. The van der Waals surface area contributed by atoms with Crippen LogP contribution < -0.4 is 0 Å². The highest BCUT2D eigenvalue weighted by atomic mass is 32.1. The van der Waals surface area contributed by atoms with Crippen molar-refractivity contribution in [3.8, 4) is 0 Å². The van der Waals surface area contributed by atoms with Crippen molar-refractivity contribution < 1.29 is 14.7 Å². The Kier molecular flexibility index (Phi) is 4.96. The summed E-state index contributed by atoms with van der Waals surface area (Å²) >= 11 is 1.62. The number of benzene rings is 2. The van der Waals surface area contributed by atoms with Crippen molar-refractivity contribution in [2.75, 3.05) is 0 Å². The van der Waals surface area contributed by atoms with Crippen molar-refractivity contribution in [2.45, 2.75) is 33.7 Å². The first kappa shape index (κ1) is 19.3. The molecule has 29 heavy (non-hydrogen) atoms. The monoisotopic (exact) mass is 406 g/mol. The van der Waals surface area contributed by atoms with Gasteiger partial charge in [0.15, 0.2) is 5.78 Å². The summed E-state index contributed by atoms with van der Waals surface area (Å²) in [4.78, 5) is 29.3. The zero-order valence-corrected chi connectivity index (χ0v) is 17.4. The van der Waals surface area contributed by atoms with Gasteiger partial charge in [0.1, 0.15) is 5.01 Å². The molecule has 1 N–H and O–H groups in total. The van der Waals surface area contributed by atoms with Crippen molar-refractivity contribution >= 4 is 44.2 Å². The number of nitrogens with zero attached hydrogens (tertiary/aromatic N) is 2. The third kappa shape index (κ3) is 3.34. The largest absolute Gasteiger partial charge is 0.478 e. The van der Waals surface area contributed by atoms with Crippen LogP contribution in [0.25, 0.3) is 21.1 Å². The predicted molar refractivity (Wildman–Crippen MR) is 116 cm³/mol. The lowest BCUT2D eigenvalue weighted by Crippen LogP contribution is -2.12. The Morgan fingerprint density at radius 1 is 1.17 bits per heavy atom. The molecule has 0 saturated heterocycles. The molecule has 0 aliphatic rings. The van der Waals surface area contributed by atoms with Gasteiger partial charge in [-0.05, 0) is 30.7 Å². The molecule has 0 aliphatic carbocycles. The lowest BCUT2D eigenvalue weighted by molar-refractivity contribution is 0.0696. The quantitative estimate of drug-likeness (QED) is 0.435. The second-order valence-corrected chi connectivity index (χ2v) is 8.51. The van der Waals surface area contributed by atoms with Crippen LogP contribution in [0.2, 0.25) is 0 Å². The fraction of sp³-hybridized carbons (Fsp3) is 0.261. The van der Waals surface area contributed by atoms with Crippen LogP contribution in [0.15, 0.2) is 42.5 Å². The van der Waals surface area contributed by atoms with Gasteiger partial charge in [0.25, 0.3) is 0 Å². The molecule has 4 aromatic rings. The Labute approximate surface area is 172 Å². The number of para-hydroxylation sites is 1. The third-order valence-electron chi connectivity index (χ3n) is 5.16. The Balaban J connectivity index is 1.95. The number of carbonyl (C=O) groups excluding carboxylic acids is 1. The van der Waals surface area contributed by atoms with Gasteiger partial charge in [-0.1, -0.05) is 39.0 Å². The molecule has 0 amide bonds. The van der Waals surface area contributed by atoms with Gasteiger partial charge in [-0.2, -0.15) is 0 Å². The summed E-state index contributed by atoms with van der Waals surface area (Å²) < 4.78 is 3.18. The number of aromatic nitrogens is 2. The first-order valence-corrected chi connectivity index (χ1v) is 10.5. The number of hydrogen-bond donors (Lipinski definition) is 1. The molecule has 0 fully saturated rings.